The summed E-state index contributed by atoms with van der Waals surface area (Å²) in [7, 11) is 0. The predicted octanol–water partition coefficient (Wildman–Crippen LogP) is 1.62. The van der Waals surface area contributed by atoms with Crippen molar-refractivity contribution in [2.75, 3.05) is 32.8 Å². The summed E-state index contributed by atoms with van der Waals surface area (Å²) in [6.45, 7) is 9.18. The normalized spacial score (nSPS) is 20.0. The third-order valence-corrected chi connectivity index (χ3v) is 3.44. The standard InChI is InChI=1S/C12H26N2O/c1-3-14(4-2)9-10-15-11-12(13)7-5-6-8-12/h3-11,13H2,1-2H3. The van der Waals surface area contributed by atoms with Crippen molar-refractivity contribution >= 4 is 0 Å². The third kappa shape index (κ3) is 4.49. The number of ether oxygens (including phenoxy) is 1. The lowest BCUT2D eigenvalue weighted by Gasteiger charge is -2.24. The molecule has 0 atom stereocenters. The molecule has 1 fully saturated rings. The summed E-state index contributed by atoms with van der Waals surface area (Å²) in [4.78, 5) is 2.37. The van der Waals surface area contributed by atoms with Crippen molar-refractivity contribution in [2.45, 2.75) is 45.1 Å². The van der Waals surface area contributed by atoms with Gasteiger partial charge < -0.3 is 15.4 Å². The Bertz CT molecular complexity index is 163. The highest BCUT2D eigenvalue weighted by molar-refractivity contribution is 4.88. The molecule has 0 bridgehead atoms. The molecule has 0 unspecified atom stereocenters. The molecule has 0 aromatic heterocycles. The van der Waals surface area contributed by atoms with Crippen LogP contribution >= 0.6 is 0 Å². The van der Waals surface area contributed by atoms with Crippen LogP contribution in [-0.2, 0) is 4.74 Å². The summed E-state index contributed by atoms with van der Waals surface area (Å²) in [5, 5.41) is 0. The molecule has 0 saturated heterocycles. The molecule has 0 aromatic rings. The van der Waals surface area contributed by atoms with Crippen LogP contribution in [0.3, 0.4) is 0 Å². The van der Waals surface area contributed by atoms with Gasteiger partial charge in [0.2, 0.25) is 0 Å². The maximum Gasteiger partial charge on any atom is 0.0646 e. The Kier molecular flexibility index (Phi) is 5.58. The van der Waals surface area contributed by atoms with Gasteiger partial charge in [-0.05, 0) is 25.9 Å². The number of hydrogen-bond acceptors (Lipinski definition) is 3. The van der Waals surface area contributed by atoms with E-state index in [1.807, 2.05) is 0 Å². The van der Waals surface area contributed by atoms with E-state index >= 15 is 0 Å². The van der Waals surface area contributed by atoms with Crippen LogP contribution in [0.15, 0.2) is 0 Å². The Labute approximate surface area is 94.0 Å². The van der Waals surface area contributed by atoms with Gasteiger partial charge in [-0.1, -0.05) is 26.7 Å². The van der Waals surface area contributed by atoms with E-state index in [0.717, 1.165) is 45.7 Å². The number of nitrogens with zero attached hydrogens (tertiary/aromatic N) is 1. The van der Waals surface area contributed by atoms with Gasteiger partial charge in [0, 0.05) is 12.1 Å². The summed E-state index contributed by atoms with van der Waals surface area (Å²) in [5.74, 6) is 0. The smallest absolute Gasteiger partial charge is 0.0646 e. The molecule has 0 radical (unpaired) electrons. The van der Waals surface area contributed by atoms with Crippen LogP contribution in [0, 0.1) is 0 Å². The van der Waals surface area contributed by atoms with E-state index in [1.165, 1.54) is 12.8 Å². The molecular formula is C12H26N2O. The first-order chi connectivity index (χ1) is 7.20. The molecule has 0 amide bonds. The summed E-state index contributed by atoms with van der Waals surface area (Å²) in [5.41, 5.74) is 6.19. The Morgan fingerprint density at radius 3 is 2.33 bits per heavy atom. The van der Waals surface area contributed by atoms with E-state index in [-0.39, 0.29) is 5.54 Å². The minimum absolute atomic E-state index is 0.0107. The van der Waals surface area contributed by atoms with Crippen molar-refractivity contribution in [3.8, 4) is 0 Å². The van der Waals surface area contributed by atoms with Crippen molar-refractivity contribution in [1.82, 2.24) is 4.90 Å². The fraction of sp³-hybridized carbons (Fsp3) is 1.00. The van der Waals surface area contributed by atoms with Crippen molar-refractivity contribution < 1.29 is 4.74 Å². The van der Waals surface area contributed by atoms with Crippen LogP contribution < -0.4 is 5.73 Å². The van der Waals surface area contributed by atoms with Crippen LogP contribution in [0.4, 0.5) is 0 Å². The first-order valence-electron chi connectivity index (χ1n) is 6.29. The lowest BCUT2D eigenvalue weighted by atomic mass is 10.0. The fourth-order valence-corrected chi connectivity index (χ4v) is 2.23. The molecule has 1 rings (SSSR count). The van der Waals surface area contributed by atoms with E-state index in [9.17, 15) is 0 Å². The molecule has 0 aromatic carbocycles. The van der Waals surface area contributed by atoms with Crippen molar-refractivity contribution in [3.63, 3.8) is 0 Å². The zero-order chi connectivity index (χ0) is 11.1. The predicted molar refractivity (Wildman–Crippen MR) is 64.0 cm³/mol. The van der Waals surface area contributed by atoms with Gasteiger partial charge >= 0.3 is 0 Å². The molecular weight excluding hydrogens is 188 g/mol. The average molecular weight is 214 g/mol. The second kappa shape index (κ2) is 6.46. The Morgan fingerprint density at radius 2 is 1.80 bits per heavy atom. The molecule has 2 N–H and O–H groups in total. The average Bonchev–Trinajstić information content (AvgIpc) is 2.66. The van der Waals surface area contributed by atoms with Crippen molar-refractivity contribution in [3.05, 3.63) is 0 Å². The first kappa shape index (κ1) is 12.9. The van der Waals surface area contributed by atoms with Crippen molar-refractivity contribution in [1.29, 1.82) is 0 Å². The van der Waals surface area contributed by atoms with Gasteiger partial charge in [-0.3, -0.25) is 0 Å². The van der Waals surface area contributed by atoms with Gasteiger partial charge in [0.25, 0.3) is 0 Å². The number of likely N-dealkylation sites (N-methyl/N-ethyl adjacent to an activating group) is 1. The Balaban J connectivity index is 2.05. The topological polar surface area (TPSA) is 38.5 Å². The van der Waals surface area contributed by atoms with Crippen LogP contribution in [0.1, 0.15) is 39.5 Å². The molecule has 1 saturated carbocycles. The van der Waals surface area contributed by atoms with Gasteiger partial charge in [0.15, 0.2) is 0 Å². The summed E-state index contributed by atoms with van der Waals surface area (Å²) in [6, 6.07) is 0. The SMILES string of the molecule is CCN(CC)CCOCC1(N)CCCC1. The minimum Gasteiger partial charge on any atom is -0.378 e. The Hall–Kier alpha value is -0.120. The summed E-state index contributed by atoms with van der Waals surface area (Å²) < 4.78 is 5.69. The molecule has 1 aliphatic rings. The maximum absolute atomic E-state index is 6.20. The molecule has 3 heteroatoms. The largest absolute Gasteiger partial charge is 0.378 e. The lowest BCUT2D eigenvalue weighted by molar-refractivity contribution is 0.0697. The molecule has 15 heavy (non-hydrogen) atoms. The zero-order valence-corrected chi connectivity index (χ0v) is 10.3. The Morgan fingerprint density at radius 1 is 1.20 bits per heavy atom. The van der Waals surface area contributed by atoms with E-state index in [2.05, 4.69) is 18.7 Å². The number of hydrogen-bond donors (Lipinski definition) is 1. The number of nitrogens with two attached hydrogens (primary N) is 1. The second-order valence-electron chi connectivity index (χ2n) is 4.65. The molecule has 0 aliphatic heterocycles. The van der Waals surface area contributed by atoms with E-state index in [4.69, 9.17) is 10.5 Å². The zero-order valence-electron chi connectivity index (χ0n) is 10.3. The molecule has 1 aliphatic carbocycles. The van der Waals surface area contributed by atoms with Gasteiger partial charge in [0.1, 0.15) is 0 Å². The highest BCUT2D eigenvalue weighted by atomic mass is 16.5. The van der Waals surface area contributed by atoms with Gasteiger partial charge in [0.05, 0.1) is 13.2 Å². The monoisotopic (exact) mass is 214 g/mol. The molecule has 3 nitrogen and oxygen atoms in total. The summed E-state index contributed by atoms with van der Waals surface area (Å²) in [6.07, 6.45) is 4.82. The fourth-order valence-electron chi connectivity index (χ4n) is 2.23. The van der Waals surface area contributed by atoms with Gasteiger partial charge in [-0.25, -0.2) is 0 Å². The molecule has 0 heterocycles. The lowest BCUT2D eigenvalue weighted by Crippen LogP contribution is -2.42. The number of rotatable bonds is 7. The van der Waals surface area contributed by atoms with Crippen LogP contribution in [-0.4, -0.2) is 43.3 Å². The second-order valence-corrected chi connectivity index (χ2v) is 4.65. The third-order valence-electron chi connectivity index (χ3n) is 3.44. The first-order valence-corrected chi connectivity index (χ1v) is 6.29. The van der Waals surface area contributed by atoms with Gasteiger partial charge in [-0.2, -0.15) is 0 Å². The minimum atomic E-state index is -0.0107. The van der Waals surface area contributed by atoms with Crippen LogP contribution in [0.5, 0.6) is 0 Å². The molecule has 0 spiro atoms. The van der Waals surface area contributed by atoms with Crippen LogP contribution in [0.2, 0.25) is 0 Å². The van der Waals surface area contributed by atoms with E-state index < -0.39 is 0 Å². The quantitative estimate of drug-likeness (QED) is 0.654. The maximum atomic E-state index is 6.20. The van der Waals surface area contributed by atoms with Crippen LogP contribution in [0.25, 0.3) is 0 Å². The highest BCUT2D eigenvalue weighted by Gasteiger charge is 2.29. The summed E-state index contributed by atoms with van der Waals surface area (Å²) >= 11 is 0. The van der Waals surface area contributed by atoms with E-state index in [0.29, 0.717) is 0 Å². The van der Waals surface area contributed by atoms with E-state index in [1.54, 1.807) is 0 Å². The molecule has 90 valence electrons. The van der Waals surface area contributed by atoms with Crippen molar-refractivity contribution in [2.24, 2.45) is 5.73 Å². The highest BCUT2D eigenvalue weighted by Crippen LogP contribution is 2.27. The van der Waals surface area contributed by atoms with Gasteiger partial charge in [-0.15, -0.1) is 0 Å².